The van der Waals surface area contributed by atoms with Crippen molar-refractivity contribution < 1.29 is 13.6 Å². The fourth-order valence-corrected chi connectivity index (χ4v) is 2.53. The zero-order valence-electron chi connectivity index (χ0n) is 10.2. The highest BCUT2D eigenvalue weighted by molar-refractivity contribution is 7.80. The first-order chi connectivity index (χ1) is 9.00. The molecule has 19 heavy (non-hydrogen) atoms. The summed E-state index contributed by atoms with van der Waals surface area (Å²) < 4.78 is 26.8. The van der Waals surface area contributed by atoms with Gasteiger partial charge in [0.1, 0.15) is 11.6 Å². The zero-order chi connectivity index (χ0) is 14.0. The summed E-state index contributed by atoms with van der Waals surface area (Å²) in [4.78, 5) is 13.9. The van der Waals surface area contributed by atoms with Crippen molar-refractivity contribution in [3.05, 3.63) is 35.4 Å². The molecule has 1 unspecified atom stereocenters. The second-order valence-electron chi connectivity index (χ2n) is 4.54. The molecule has 0 aliphatic carbocycles. The number of likely N-dealkylation sites (tertiary alicyclic amines) is 1. The normalized spacial score (nSPS) is 19.3. The molecule has 1 aromatic carbocycles. The molecule has 0 bridgehead atoms. The topological polar surface area (TPSA) is 46.3 Å². The average molecular weight is 284 g/mol. The summed E-state index contributed by atoms with van der Waals surface area (Å²) in [6.07, 6.45) is 2.39. The van der Waals surface area contributed by atoms with Crippen molar-refractivity contribution in [2.75, 3.05) is 6.54 Å². The van der Waals surface area contributed by atoms with Crippen LogP contribution in [0.25, 0.3) is 0 Å². The lowest BCUT2D eigenvalue weighted by Gasteiger charge is -2.35. The number of nitrogens with two attached hydrogens (primary N) is 1. The lowest BCUT2D eigenvalue weighted by atomic mass is 10.0. The first-order valence-electron chi connectivity index (χ1n) is 6.06. The van der Waals surface area contributed by atoms with Crippen LogP contribution in [0.3, 0.4) is 0 Å². The van der Waals surface area contributed by atoms with Crippen molar-refractivity contribution in [3.8, 4) is 0 Å². The molecule has 6 heteroatoms. The molecule has 102 valence electrons. The van der Waals surface area contributed by atoms with E-state index in [1.165, 1.54) is 4.90 Å². The van der Waals surface area contributed by atoms with E-state index in [9.17, 15) is 13.6 Å². The maximum Gasteiger partial charge on any atom is 0.257 e. The minimum atomic E-state index is -0.737. The zero-order valence-corrected chi connectivity index (χ0v) is 11.1. The summed E-state index contributed by atoms with van der Waals surface area (Å²) in [5, 5.41) is 0. The van der Waals surface area contributed by atoms with Crippen molar-refractivity contribution in [1.82, 2.24) is 4.90 Å². The van der Waals surface area contributed by atoms with E-state index < -0.39 is 17.5 Å². The van der Waals surface area contributed by atoms with E-state index in [0.29, 0.717) is 13.0 Å². The summed E-state index contributed by atoms with van der Waals surface area (Å²) in [6.45, 7) is 0.455. The van der Waals surface area contributed by atoms with Gasteiger partial charge >= 0.3 is 0 Å². The fraction of sp³-hybridized carbons (Fsp3) is 0.385. The molecule has 1 aliphatic heterocycles. The van der Waals surface area contributed by atoms with E-state index in [-0.39, 0.29) is 16.6 Å². The smallest absolute Gasteiger partial charge is 0.257 e. The van der Waals surface area contributed by atoms with Gasteiger partial charge in [0, 0.05) is 6.54 Å². The fourth-order valence-electron chi connectivity index (χ4n) is 2.29. The number of piperidine rings is 1. The van der Waals surface area contributed by atoms with Crippen LogP contribution in [0.2, 0.25) is 0 Å². The largest absolute Gasteiger partial charge is 0.392 e. The van der Waals surface area contributed by atoms with Crippen molar-refractivity contribution in [2.24, 2.45) is 5.73 Å². The van der Waals surface area contributed by atoms with Crippen molar-refractivity contribution in [3.63, 3.8) is 0 Å². The molecule has 1 heterocycles. The number of hydrogen-bond donors (Lipinski definition) is 1. The summed E-state index contributed by atoms with van der Waals surface area (Å²) in [5.74, 6) is -1.94. The van der Waals surface area contributed by atoms with Crippen LogP contribution in [0, 0.1) is 11.6 Å². The number of hydrogen-bond acceptors (Lipinski definition) is 2. The highest BCUT2D eigenvalue weighted by Gasteiger charge is 2.30. The molecular weight excluding hydrogens is 270 g/mol. The van der Waals surface area contributed by atoms with E-state index in [2.05, 4.69) is 0 Å². The molecule has 2 rings (SSSR count). The summed E-state index contributed by atoms with van der Waals surface area (Å²) in [5.41, 5.74) is 5.34. The average Bonchev–Trinajstić information content (AvgIpc) is 2.40. The van der Waals surface area contributed by atoms with Crippen LogP contribution in [0.5, 0.6) is 0 Å². The van der Waals surface area contributed by atoms with E-state index in [1.807, 2.05) is 0 Å². The molecule has 1 aromatic rings. The van der Waals surface area contributed by atoms with Crippen molar-refractivity contribution in [2.45, 2.75) is 25.3 Å². The predicted octanol–water partition coefficient (Wildman–Crippen LogP) is 2.25. The lowest BCUT2D eigenvalue weighted by molar-refractivity contribution is 0.0676. The van der Waals surface area contributed by atoms with Crippen molar-refractivity contribution in [1.29, 1.82) is 0 Å². The third-order valence-electron chi connectivity index (χ3n) is 3.25. The van der Waals surface area contributed by atoms with E-state index in [0.717, 1.165) is 31.0 Å². The summed E-state index contributed by atoms with van der Waals surface area (Å²) in [7, 11) is 0. The highest BCUT2D eigenvalue weighted by Crippen LogP contribution is 2.21. The van der Waals surface area contributed by atoms with Crippen LogP contribution in [0.15, 0.2) is 18.2 Å². The number of amides is 1. The molecule has 1 fully saturated rings. The molecule has 0 aromatic heterocycles. The van der Waals surface area contributed by atoms with Gasteiger partial charge in [0.25, 0.3) is 5.91 Å². The third kappa shape index (κ3) is 2.89. The van der Waals surface area contributed by atoms with Gasteiger partial charge in [-0.25, -0.2) is 8.78 Å². The Morgan fingerprint density at radius 1 is 1.37 bits per heavy atom. The molecule has 2 N–H and O–H groups in total. The number of rotatable bonds is 2. The van der Waals surface area contributed by atoms with E-state index in [1.54, 1.807) is 0 Å². The first-order valence-corrected chi connectivity index (χ1v) is 6.47. The Balaban J connectivity index is 2.31. The minimum absolute atomic E-state index is 0.213. The van der Waals surface area contributed by atoms with Crippen LogP contribution in [0.4, 0.5) is 8.78 Å². The monoisotopic (exact) mass is 284 g/mol. The Morgan fingerprint density at radius 2 is 2.11 bits per heavy atom. The van der Waals surface area contributed by atoms with Gasteiger partial charge in [-0.05, 0) is 37.5 Å². The lowest BCUT2D eigenvalue weighted by Crippen LogP contribution is -2.50. The number of nitrogens with zero attached hydrogens (tertiary/aromatic N) is 1. The number of halogens is 2. The van der Waals surface area contributed by atoms with Crippen LogP contribution < -0.4 is 5.73 Å². The number of benzene rings is 1. The number of carbonyl (C=O) groups is 1. The Kier molecular flexibility index (Phi) is 4.09. The molecular formula is C13H14F2N2OS. The number of thiocarbonyl (C=S) groups is 1. The quantitative estimate of drug-likeness (QED) is 0.847. The summed E-state index contributed by atoms with van der Waals surface area (Å²) in [6, 6.07) is 2.46. The van der Waals surface area contributed by atoms with Gasteiger partial charge in [-0.2, -0.15) is 0 Å². The maximum atomic E-state index is 13.6. The van der Waals surface area contributed by atoms with Crippen LogP contribution in [0.1, 0.15) is 29.6 Å². The molecule has 1 saturated heterocycles. The standard InChI is InChI=1S/C13H14F2N2OS/c14-8-4-5-10(15)9(7-8)13(18)17-6-2-1-3-11(17)12(16)19/h4-5,7,11H,1-3,6H2,(H2,16,19). The summed E-state index contributed by atoms with van der Waals surface area (Å²) >= 11 is 4.94. The molecule has 3 nitrogen and oxygen atoms in total. The molecule has 1 atom stereocenters. The Labute approximate surface area is 115 Å². The SMILES string of the molecule is NC(=S)C1CCCCN1C(=O)c1cc(F)ccc1F. The molecule has 0 saturated carbocycles. The molecule has 1 amide bonds. The second kappa shape index (κ2) is 5.61. The Hall–Kier alpha value is -1.56. The molecule has 1 aliphatic rings. The van der Waals surface area contributed by atoms with Gasteiger partial charge in [-0.3, -0.25) is 4.79 Å². The van der Waals surface area contributed by atoms with Gasteiger partial charge in [-0.1, -0.05) is 12.2 Å². The first kappa shape index (κ1) is 13.9. The van der Waals surface area contributed by atoms with Crippen LogP contribution >= 0.6 is 12.2 Å². The van der Waals surface area contributed by atoms with E-state index >= 15 is 0 Å². The van der Waals surface area contributed by atoms with Gasteiger partial charge in [0.15, 0.2) is 0 Å². The van der Waals surface area contributed by atoms with Gasteiger partial charge in [0.05, 0.1) is 16.6 Å². The van der Waals surface area contributed by atoms with Crippen LogP contribution in [-0.4, -0.2) is 28.4 Å². The van der Waals surface area contributed by atoms with Gasteiger partial charge < -0.3 is 10.6 Å². The Bertz CT molecular complexity index is 521. The van der Waals surface area contributed by atoms with Gasteiger partial charge in [0.2, 0.25) is 0 Å². The predicted molar refractivity (Wildman–Crippen MR) is 71.8 cm³/mol. The second-order valence-corrected chi connectivity index (χ2v) is 5.01. The molecule has 0 radical (unpaired) electrons. The minimum Gasteiger partial charge on any atom is -0.392 e. The van der Waals surface area contributed by atoms with Gasteiger partial charge in [-0.15, -0.1) is 0 Å². The molecule has 0 spiro atoms. The van der Waals surface area contributed by atoms with Crippen LogP contribution in [-0.2, 0) is 0 Å². The highest BCUT2D eigenvalue weighted by atomic mass is 32.1. The maximum absolute atomic E-state index is 13.6. The third-order valence-corrected chi connectivity index (χ3v) is 3.52. The number of carbonyl (C=O) groups excluding carboxylic acids is 1. The Morgan fingerprint density at radius 3 is 2.79 bits per heavy atom. The van der Waals surface area contributed by atoms with E-state index in [4.69, 9.17) is 18.0 Å². The van der Waals surface area contributed by atoms with Crippen molar-refractivity contribution >= 4 is 23.1 Å².